The van der Waals surface area contributed by atoms with E-state index in [1.165, 1.54) is 28.2 Å². The molecule has 1 aliphatic heterocycles. The van der Waals surface area contributed by atoms with Gasteiger partial charge in [-0.2, -0.15) is 4.31 Å². The van der Waals surface area contributed by atoms with Gasteiger partial charge >= 0.3 is 0 Å². The third kappa shape index (κ3) is 2.97. The summed E-state index contributed by atoms with van der Waals surface area (Å²) in [6.45, 7) is 3.74. The zero-order valence-electron chi connectivity index (χ0n) is 12.6. The number of carbonyl (C=O) groups is 1. The molecule has 0 saturated carbocycles. The molecule has 0 radical (unpaired) electrons. The largest absolute Gasteiger partial charge is 0.354 e. The monoisotopic (exact) mass is 314 g/mol. The molecule has 2 heterocycles. The minimum Gasteiger partial charge on any atom is -0.354 e. The van der Waals surface area contributed by atoms with E-state index in [0.29, 0.717) is 18.8 Å². The Hall–Kier alpha value is -1.38. The van der Waals surface area contributed by atoms with Crippen LogP contribution in [0.15, 0.2) is 17.2 Å². The molecule has 0 spiro atoms. The van der Waals surface area contributed by atoms with E-state index in [0.717, 1.165) is 13.0 Å². The van der Waals surface area contributed by atoms with E-state index in [4.69, 9.17) is 0 Å². The second-order valence-electron chi connectivity index (χ2n) is 5.11. The molecular weight excluding hydrogens is 292 g/mol. The van der Waals surface area contributed by atoms with Crippen LogP contribution in [-0.4, -0.2) is 55.9 Å². The van der Waals surface area contributed by atoms with Crippen molar-refractivity contribution in [2.24, 2.45) is 7.05 Å². The van der Waals surface area contributed by atoms with Crippen molar-refractivity contribution in [1.82, 2.24) is 19.5 Å². The Bertz CT molecular complexity index is 617. The molecule has 118 valence electrons. The summed E-state index contributed by atoms with van der Waals surface area (Å²) in [4.78, 5) is 11.9. The summed E-state index contributed by atoms with van der Waals surface area (Å²) >= 11 is 0. The fourth-order valence-electron chi connectivity index (χ4n) is 2.67. The number of aryl methyl sites for hydroxylation is 1. The lowest BCUT2D eigenvalue weighted by Gasteiger charge is -2.25. The second kappa shape index (κ2) is 6.17. The summed E-state index contributed by atoms with van der Waals surface area (Å²) < 4.78 is 28.6. The molecule has 0 aliphatic carbocycles. The Morgan fingerprint density at radius 3 is 2.81 bits per heavy atom. The summed E-state index contributed by atoms with van der Waals surface area (Å²) in [5.74, 6) is -0.301. The van der Waals surface area contributed by atoms with Gasteiger partial charge in [0.1, 0.15) is 10.6 Å². The van der Waals surface area contributed by atoms with Gasteiger partial charge in [-0.15, -0.1) is 0 Å². The number of carbonyl (C=O) groups excluding carboxylic acids is 1. The molecule has 21 heavy (non-hydrogen) atoms. The van der Waals surface area contributed by atoms with Crippen molar-refractivity contribution < 1.29 is 13.2 Å². The Labute approximate surface area is 125 Å². The summed E-state index contributed by atoms with van der Waals surface area (Å²) in [5, 5.41) is 5.69. The van der Waals surface area contributed by atoms with Crippen LogP contribution < -0.4 is 10.6 Å². The number of rotatable bonds is 5. The first-order valence-electron chi connectivity index (χ1n) is 7.02. The van der Waals surface area contributed by atoms with Gasteiger partial charge in [0.2, 0.25) is 10.0 Å². The lowest BCUT2D eigenvalue weighted by Crippen LogP contribution is -2.41. The molecule has 1 atom stereocenters. The number of likely N-dealkylation sites (N-methyl/N-ethyl adjacent to an activating group) is 1. The number of nitrogens with one attached hydrogen (secondary N) is 2. The average molecular weight is 314 g/mol. The summed E-state index contributed by atoms with van der Waals surface area (Å²) in [6.07, 6.45) is 2.30. The van der Waals surface area contributed by atoms with E-state index in [9.17, 15) is 13.2 Å². The highest BCUT2D eigenvalue weighted by atomic mass is 32.2. The Kier molecular flexibility index (Phi) is 4.70. The molecule has 1 saturated heterocycles. The molecule has 1 unspecified atom stereocenters. The standard InChI is InChI=1S/C13H22N4O3S/c1-4-17(10-5-6-15-8-10)21(19,20)11-7-12(13(18)14-2)16(3)9-11/h7,9-10,15H,4-6,8H2,1-3H3,(H,14,18). The molecule has 8 heteroatoms. The van der Waals surface area contributed by atoms with Gasteiger partial charge in [-0.1, -0.05) is 6.92 Å². The van der Waals surface area contributed by atoms with Crippen LogP contribution in [0.5, 0.6) is 0 Å². The molecule has 1 aliphatic rings. The maximum absolute atomic E-state index is 12.8. The second-order valence-corrected chi connectivity index (χ2v) is 7.00. The first-order chi connectivity index (χ1) is 9.91. The normalized spacial score (nSPS) is 19.1. The van der Waals surface area contributed by atoms with Gasteiger partial charge < -0.3 is 15.2 Å². The molecule has 2 rings (SSSR count). The van der Waals surface area contributed by atoms with Crippen molar-refractivity contribution in [2.45, 2.75) is 24.3 Å². The molecule has 0 bridgehead atoms. The number of aromatic nitrogens is 1. The zero-order valence-corrected chi connectivity index (χ0v) is 13.4. The van der Waals surface area contributed by atoms with Crippen LogP contribution >= 0.6 is 0 Å². The number of hydrogen-bond acceptors (Lipinski definition) is 4. The third-order valence-corrected chi connectivity index (χ3v) is 5.79. The van der Waals surface area contributed by atoms with Crippen LogP contribution in [0.25, 0.3) is 0 Å². The van der Waals surface area contributed by atoms with Crippen LogP contribution in [0, 0.1) is 0 Å². The van der Waals surface area contributed by atoms with Gasteiger partial charge in [0, 0.05) is 39.4 Å². The molecule has 1 aromatic rings. The van der Waals surface area contributed by atoms with E-state index in [2.05, 4.69) is 10.6 Å². The smallest absolute Gasteiger partial charge is 0.267 e. The van der Waals surface area contributed by atoms with Crippen molar-refractivity contribution in [1.29, 1.82) is 0 Å². The summed E-state index contributed by atoms with van der Waals surface area (Å²) in [6, 6.07) is 1.41. The number of amides is 1. The minimum absolute atomic E-state index is 0.0244. The van der Waals surface area contributed by atoms with Gasteiger partial charge in [0.25, 0.3) is 5.91 Å². The van der Waals surface area contributed by atoms with Gasteiger partial charge in [0.15, 0.2) is 0 Å². The van der Waals surface area contributed by atoms with Crippen molar-refractivity contribution >= 4 is 15.9 Å². The fraction of sp³-hybridized carbons (Fsp3) is 0.615. The predicted octanol–water partition coefficient (Wildman–Crippen LogP) is -0.243. The van der Waals surface area contributed by atoms with Gasteiger partial charge in [-0.3, -0.25) is 4.79 Å². The number of hydrogen-bond donors (Lipinski definition) is 2. The predicted molar refractivity (Wildman–Crippen MR) is 79.6 cm³/mol. The van der Waals surface area contributed by atoms with Crippen molar-refractivity contribution in [2.75, 3.05) is 26.7 Å². The highest BCUT2D eigenvalue weighted by Gasteiger charge is 2.33. The average Bonchev–Trinajstić information content (AvgIpc) is 3.08. The topological polar surface area (TPSA) is 83.4 Å². The van der Waals surface area contributed by atoms with Crippen LogP contribution in [0.3, 0.4) is 0 Å². The Balaban J connectivity index is 2.36. The van der Waals surface area contributed by atoms with Crippen LogP contribution in [-0.2, 0) is 17.1 Å². The molecule has 0 aromatic carbocycles. The molecule has 2 N–H and O–H groups in total. The maximum atomic E-state index is 12.8. The van der Waals surface area contributed by atoms with E-state index >= 15 is 0 Å². The zero-order chi connectivity index (χ0) is 15.6. The van der Waals surface area contributed by atoms with Crippen LogP contribution in [0.4, 0.5) is 0 Å². The molecule has 7 nitrogen and oxygen atoms in total. The number of nitrogens with zero attached hydrogens (tertiary/aromatic N) is 2. The molecule has 1 aromatic heterocycles. The fourth-order valence-corrected chi connectivity index (χ4v) is 4.41. The van der Waals surface area contributed by atoms with Crippen molar-refractivity contribution in [3.8, 4) is 0 Å². The van der Waals surface area contributed by atoms with E-state index < -0.39 is 10.0 Å². The Morgan fingerprint density at radius 1 is 1.57 bits per heavy atom. The highest BCUT2D eigenvalue weighted by molar-refractivity contribution is 7.89. The Morgan fingerprint density at radius 2 is 2.29 bits per heavy atom. The molecule has 1 fully saturated rings. The highest BCUT2D eigenvalue weighted by Crippen LogP contribution is 2.22. The van der Waals surface area contributed by atoms with E-state index in [-0.39, 0.29) is 16.8 Å². The van der Waals surface area contributed by atoms with E-state index in [1.807, 2.05) is 6.92 Å². The van der Waals surface area contributed by atoms with Crippen molar-refractivity contribution in [3.05, 3.63) is 18.0 Å². The van der Waals surface area contributed by atoms with Gasteiger partial charge in [-0.25, -0.2) is 8.42 Å². The summed E-state index contributed by atoms with van der Waals surface area (Å²) in [7, 11) is -0.402. The first-order valence-corrected chi connectivity index (χ1v) is 8.46. The van der Waals surface area contributed by atoms with Gasteiger partial charge in [-0.05, 0) is 19.0 Å². The van der Waals surface area contributed by atoms with E-state index in [1.54, 1.807) is 7.05 Å². The van der Waals surface area contributed by atoms with Crippen LogP contribution in [0.1, 0.15) is 23.8 Å². The lowest BCUT2D eigenvalue weighted by atomic mass is 10.3. The van der Waals surface area contributed by atoms with Crippen molar-refractivity contribution in [3.63, 3.8) is 0 Å². The maximum Gasteiger partial charge on any atom is 0.267 e. The summed E-state index contributed by atoms with van der Waals surface area (Å²) in [5.41, 5.74) is 0.330. The third-order valence-electron chi connectivity index (χ3n) is 3.80. The number of sulfonamides is 1. The van der Waals surface area contributed by atoms with Crippen LogP contribution in [0.2, 0.25) is 0 Å². The molecular formula is C13H22N4O3S. The SMILES string of the molecule is CCN(C1CCNC1)S(=O)(=O)c1cc(C(=O)NC)n(C)c1. The minimum atomic E-state index is -3.59. The quantitative estimate of drug-likeness (QED) is 0.785. The molecule has 1 amide bonds. The van der Waals surface area contributed by atoms with Gasteiger partial charge in [0.05, 0.1) is 0 Å². The first kappa shape index (κ1) is 16.0. The lowest BCUT2D eigenvalue weighted by molar-refractivity contribution is 0.0955.